The average Bonchev–Trinajstić information content (AvgIpc) is 2.07. The fourth-order valence-corrected chi connectivity index (χ4v) is 6.14. The van der Waals surface area contributed by atoms with Crippen LogP contribution in [0.2, 0.25) is 0 Å². The minimum atomic E-state index is -0.456. The Balaban J connectivity index is 1.98. The fourth-order valence-electron chi connectivity index (χ4n) is 3.64. The third-order valence-corrected chi connectivity index (χ3v) is 6.58. The number of rotatable bonds is 0. The van der Waals surface area contributed by atoms with E-state index in [1.807, 2.05) is 0 Å². The van der Waals surface area contributed by atoms with E-state index in [1.165, 1.54) is 25.7 Å². The summed E-state index contributed by atoms with van der Waals surface area (Å²) in [6.07, 6.45) is 5.29. The Morgan fingerprint density at radius 3 is 2.83 bits per heavy atom. The first-order chi connectivity index (χ1) is 5.75. The first kappa shape index (κ1) is 7.54. The molecule has 0 aromatic rings. The van der Waals surface area contributed by atoms with Gasteiger partial charge >= 0.3 is 0 Å². The van der Waals surface area contributed by atoms with Gasteiger partial charge in [-0.25, -0.2) is 0 Å². The molecule has 0 N–H and O–H groups in total. The second kappa shape index (κ2) is 2.34. The third kappa shape index (κ3) is 0.822. The summed E-state index contributed by atoms with van der Waals surface area (Å²) in [4.78, 5) is 0. The van der Waals surface area contributed by atoms with Gasteiger partial charge in [0.2, 0.25) is 0 Å². The van der Waals surface area contributed by atoms with Crippen molar-refractivity contribution >= 4 is 10.8 Å². The van der Waals surface area contributed by atoms with E-state index in [4.69, 9.17) is 0 Å². The fraction of sp³-hybridized carbons (Fsp3) is 1.00. The maximum absolute atomic E-state index is 11.9. The van der Waals surface area contributed by atoms with Crippen LogP contribution in [0.25, 0.3) is 0 Å². The van der Waals surface area contributed by atoms with Crippen molar-refractivity contribution < 1.29 is 4.21 Å². The van der Waals surface area contributed by atoms with Crippen LogP contribution >= 0.6 is 0 Å². The molecule has 0 aromatic heterocycles. The van der Waals surface area contributed by atoms with Gasteiger partial charge < -0.3 is 0 Å². The van der Waals surface area contributed by atoms with E-state index in [9.17, 15) is 4.21 Å². The third-order valence-electron chi connectivity index (χ3n) is 4.32. The summed E-state index contributed by atoms with van der Waals surface area (Å²) in [6.45, 7) is 2.32. The summed E-state index contributed by atoms with van der Waals surface area (Å²) < 4.78 is 11.9. The van der Waals surface area contributed by atoms with Crippen molar-refractivity contribution in [2.24, 2.45) is 17.8 Å². The Labute approximate surface area is 76.4 Å². The largest absolute Gasteiger partial charge is 0.259 e. The molecule has 2 unspecified atom stereocenters. The molecule has 12 heavy (non-hydrogen) atoms. The minimum absolute atomic E-state index is 0.456. The topological polar surface area (TPSA) is 17.1 Å². The van der Waals surface area contributed by atoms with Crippen molar-refractivity contribution in [3.8, 4) is 0 Å². The van der Waals surface area contributed by atoms with Crippen LogP contribution in [0.15, 0.2) is 0 Å². The van der Waals surface area contributed by atoms with Gasteiger partial charge in [-0.2, -0.15) is 0 Å². The van der Waals surface area contributed by atoms with Crippen LogP contribution in [0.1, 0.15) is 32.6 Å². The lowest BCUT2D eigenvalue weighted by molar-refractivity contribution is 0.122. The maximum atomic E-state index is 11.9. The Morgan fingerprint density at radius 1 is 1.17 bits per heavy atom. The molecule has 0 radical (unpaired) electrons. The first-order valence-electron chi connectivity index (χ1n) is 5.15. The van der Waals surface area contributed by atoms with Gasteiger partial charge in [0, 0.05) is 21.3 Å². The molecule has 4 bridgehead atoms. The summed E-state index contributed by atoms with van der Waals surface area (Å²) in [5, 5.41) is 1.19. The molecule has 2 heteroatoms. The molecular weight excluding hydrogens is 168 g/mol. The summed E-state index contributed by atoms with van der Waals surface area (Å²) in [7, 11) is -0.456. The second-order valence-electron chi connectivity index (χ2n) is 4.92. The predicted octanol–water partition coefficient (Wildman–Crippen LogP) is 1.94. The van der Waals surface area contributed by atoms with Crippen LogP contribution in [0.4, 0.5) is 0 Å². The zero-order valence-corrected chi connectivity index (χ0v) is 8.35. The highest BCUT2D eigenvalue weighted by Crippen LogP contribution is 2.51. The van der Waals surface area contributed by atoms with Gasteiger partial charge in [0.05, 0.1) is 0 Å². The van der Waals surface area contributed by atoms with Crippen molar-refractivity contribution in [1.29, 1.82) is 0 Å². The SMILES string of the molecule is CC1[C@@H]2C[C@H]3C[C@@H](C2)S(=O)[C@@H]1C3. The van der Waals surface area contributed by atoms with Crippen molar-refractivity contribution in [1.82, 2.24) is 0 Å². The summed E-state index contributed by atoms with van der Waals surface area (Å²) >= 11 is 0. The lowest BCUT2D eigenvalue weighted by Crippen LogP contribution is -2.52. The van der Waals surface area contributed by atoms with Crippen LogP contribution in [0.5, 0.6) is 0 Å². The monoisotopic (exact) mass is 184 g/mol. The number of hydrogen-bond donors (Lipinski definition) is 0. The van der Waals surface area contributed by atoms with Gasteiger partial charge in [-0.3, -0.25) is 4.21 Å². The molecule has 68 valence electrons. The second-order valence-corrected chi connectivity index (χ2v) is 6.85. The number of hydrogen-bond acceptors (Lipinski definition) is 1. The van der Waals surface area contributed by atoms with E-state index >= 15 is 0 Å². The van der Waals surface area contributed by atoms with E-state index in [1.54, 1.807) is 0 Å². The van der Waals surface area contributed by atoms with Crippen LogP contribution in [-0.2, 0) is 10.8 Å². The Hall–Kier alpha value is 0.150. The smallest absolute Gasteiger partial charge is 0.0381 e. The Kier molecular flexibility index (Phi) is 1.47. The molecule has 0 aromatic carbocycles. The lowest BCUT2D eigenvalue weighted by Gasteiger charge is -2.52. The van der Waals surface area contributed by atoms with Crippen LogP contribution in [-0.4, -0.2) is 14.7 Å². The van der Waals surface area contributed by atoms with E-state index in [0.717, 1.165) is 17.8 Å². The molecule has 2 saturated heterocycles. The Bertz CT molecular complexity index is 238. The van der Waals surface area contributed by atoms with Crippen molar-refractivity contribution in [3.63, 3.8) is 0 Å². The van der Waals surface area contributed by atoms with E-state index in [2.05, 4.69) is 6.92 Å². The Morgan fingerprint density at radius 2 is 2.00 bits per heavy atom. The molecule has 4 aliphatic rings. The van der Waals surface area contributed by atoms with E-state index in [0.29, 0.717) is 10.5 Å². The van der Waals surface area contributed by atoms with E-state index in [-0.39, 0.29) is 0 Å². The molecule has 1 nitrogen and oxygen atoms in total. The maximum Gasteiger partial charge on any atom is 0.0381 e. The molecule has 4 rings (SSSR count). The van der Waals surface area contributed by atoms with Gasteiger partial charge in [0.15, 0.2) is 0 Å². The molecule has 4 fully saturated rings. The summed E-state index contributed by atoms with van der Waals surface area (Å²) in [5.41, 5.74) is 0. The summed E-state index contributed by atoms with van der Waals surface area (Å²) in [5.74, 6) is 2.65. The molecular formula is C10H16OS. The van der Waals surface area contributed by atoms with Gasteiger partial charge in [-0.1, -0.05) is 6.92 Å². The van der Waals surface area contributed by atoms with E-state index < -0.39 is 10.8 Å². The zero-order valence-electron chi connectivity index (χ0n) is 7.53. The lowest BCUT2D eigenvalue weighted by atomic mass is 9.66. The molecule has 0 amide bonds. The van der Waals surface area contributed by atoms with Gasteiger partial charge in [-0.05, 0) is 43.4 Å². The first-order valence-corrected chi connectivity index (χ1v) is 6.42. The molecule has 2 aliphatic heterocycles. The van der Waals surface area contributed by atoms with Gasteiger partial charge in [-0.15, -0.1) is 0 Å². The van der Waals surface area contributed by atoms with Gasteiger partial charge in [0.25, 0.3) is 0 Å². The van der Waals surface area contributed by atoms with Crippen LogP contribution in [0.3, 0.4) is 0 Å². The highest BCUT2D eigenvalue weighted by molar-refractivity contribution is 7.86. The van der Waals surface area contributed by atoms with Crippen molar-refractivity contribution in [2.75, 3.05) is 0 Å². The predicted molar refractivity (Wildman–Crippen MR) is 50.3 cm³/mol. The standard InChI is InChI=1S/C10H16OS/c1-6-8-2-7-3-9(5-8)12(11)10(6)4-7/h6-10H,2-5H2,1H3/t6?,7-,8+,9-,10+,12?/m0/s1. The van der Waals surface area contributed by atoms with Crippen molar-refractivity contribution in [3.05, 3.63) is 0 Å². The van der Waals surface area contributed by atoms with Crippen LogP contribution < -0.4 is 0 Å². The minimum Gasteiger partial charge on any atom is -0.259 e. The molecule has 6 atom stereocenters. The molecule has 2 heterocycles. The zero-order chi connectivity index (χ0) is 8.29. The summed E-state index contributed by atoms with van der Waals surface area (Å²) in [6, 6.07) is 0. The van der Waals surface area contributed by atoms with Crippen molar-refractivity contribution in [2.45, 2.75) is 43.1 Å². The highest BCUT2D eigenvalue weighted by atomic mass is 32.2. The normalized spacial score (nSPS) is 62.4. The molecule has 2 saturated carbocycles. The quantitative estimate of drug-likeness (QED) is 0.562. The van der Waals surface area contributed by atoms with Gasteiger partial charge in [0.1, 0.15) is 0 Å². The molecule has 2 aliphatic carbocycles. The molecule has 0 spiro atoms. The van der Waals surface area contributed by atoms with Crippen LogP contribution in [0, 0.1) is 17.8 Å². The average molecular weight is 184 g/mol. The highest BCUT2D eigenvalue weighted by Gasteiger charge is 2.50.